The standard InChI is InChI=1S/C19H21N3O/c1-21-10-9-15(13-5-3-2-4-6-13)14-7-8-16-17(19(20)23)12-22-18(16)11-14/h2-8,11-12,15,21-22H,9-10H2,1H3,(H2,20,23). The van der Waals surface area contributed by atoms with E-state index < -0.39 is 5.91 Å². The van der Waals surface area contributed by atoms with Crippen molar-refractivity contribution in [2.75, 3.05) is 13.6 Å². The minimum atomic E-state index is -0.404. The molecule has 3 rings (SSSR count). The number of carbonyl (C=O) groups is 1. The summed E-state index contributed by atoms with van der Waals surface area (Å²) in [7, 11) is 1.97. The first-order chi connectivity index (χ1) is 11.2. The SMILES string of the molecule is CNCCC(c1ccccc1)c1ccc2c(C(N)=O)c[nH]c2c1. The van der Waals surface area contributed by atoms with E-state index in [1.807, 2.05) is 19.2 Å². The molecule has 4 N–H and O–H groups in total. The second-order valence-electron chi connectivity index (χ2n) is 5.73. The van der Waals surface area contributed by atoms with Gasteiger partial charge in [0.15, 0.2) is 0 Å². The van der Waals surface area contributed by atoms with Gasteiger partial charge >= 0.3 is 0 Å². The van der Waals surface area contributed by atoms with Gasteiger partial charge in [0, 0.05) is 23.0 Å². The first-order valence-corrected chi connectivity index (χ1v) is 7.81. The summed E-state index contributed by atoms with van der Waals surface area (Å²) in [6.45, 7) is 0.939. The number of nitrogens with two attached hydrogens (primary N) is 1. The fraction of sp³-hybridized carbons (Fsp3) is 0.211. The number of carbonyl (C=O) groups excluding carboxylic acids is 1. The Balaban J connectivity index is 2.02. The molecule has 0 bridgehead atoms. The Labute approximate surface area is 135 Å². The van der Waals surface area contributed by atoms with Crippen molar-refractivity contribution in [2.24, 2.45) is 5.73 Å². The predicted molar refractivity (Wildman–Crippen MR) is 93.6 cm³/mol. The Morgan fingerprint density at radius 3 is 2.65 bits per heavy atom. The number of aromatic nitrogens is 1. The summed E-state index contributed by atoms with van der Waals surface area (Å²) >= 11 is 0. The Morgan fingerprint density at radius 2 is 1.96 bits per heavy atom. The molecule has 0 aliphatic heterocycles. The topological polar surface area (TPSA) is 70.9 Å². The molecule has 0 spiro atoms. The maximum atomic E-state index is 11.5. The molecule has 0 radical (unpaired) electrons. The van der Waals surface area contributed by atoms with Crippen LogP contribution in [0.25, 0.3) is 10.9 Å². The quantitative estimate of drug-likeness (QED) is 0.655. The third-order valence-corrected chi connectivity index (χ3v) is 4.26. The van der Waals surface area contributed by atoms with Crippen molar-refractivity contribution in [2.45, 2.75) is 12.3 Å². The lowest BCUT2D eigenvalue weighted by atomic mass is 9.88. The van der Waals surface area contributed by atoms with Gasteiger partial charge in [0.05, 0.1) is 5.56 Å². The van der Waals surface area contributed by atoms with Gasteiger partial charge in [-0.2, -0.15) is 0 Å². The van der Waals surface area contributed by atoms with E-state index in [1.165, 1.54) is 11.1 Å². The third-order valence-electron chi connectivity index (χ3n) is 4.26. The average molecular weight is 307 g/mol. The molecular formula is C19H21N3O. The van der Waals surface area contributed by atoms with E-state index in [4.69, 9.17) is 5.73 Å². The maximum absolute atomic E-state index is 11.5. The molecule has 3 aromatic rings. The normalized spacial score (nSPS) is 12.4. The van der Waals surface area contributed by atoms with E-state index in [9.17, 15) is 4.79 Å². The fourth-order valence-electron chi connectivity index (χ4n) is 3.06. The molecule has 1 unspecified atom stereocenters. The smallest absolute Gasteiger partial charge is 0.250 e. The van der Waals surface area contributed by atoms with Crippen LogP contribution in [0.3, 0.4) is 0 Å². The van der Waals surface area contributed by atoms with Crippen molar-refractivity contribution in [3.05, 3.63) is 71.4 Å². The number of amides is 1. The summed E-state index contributed by atoms with van der Waals surface area (Å²) in [6, 6.07) is 16.7. The lowest BCUT2D eigenvalue weighted by molar-refractivity contribution is 0.100. The summed E-state index contributed by atoms with van der Waals surface area (Å²) < 4.78 is 0. The largest absolute Gasteiger partial charge is 0.366 e. The Kier molecular flexibility index (Phi) is 4.44. The Hall–Kier alpha value is -2.59. The van der Waals surface area contributed by atoms with Crippen molar-refractivity contribution in [1.29, 1.82) is 0 Å². The van der Waals surface area contributed by atoms with Gasteiger partial charge in [-0.25, -0.2) is 0 Å². The zero-order chi connectivity index (χ0) is 16.2. The van der Waals surface area contributed by atoms with E-state index in [2.05, 4.69) is 46.7 Å². The molecule has 0 saturated carbocycles. The van der Waals surface area contributed by atoms with Crippen LogP contribution in [0.1, 0.15) is 33.8 Å². The number of hydrogen-bond acceptors (Lipinski definition) is 2. The summed E-state index contributed by atoms with van der Waals surface area (Å²) in [5.74, 6) is -0.0906. The van der Waals surface area contributed by atoms with Crippen molar-refractivity contribution in [1.82, 2.24) is 10.3 Å². The minimum Gasteiger partial charge on any atom is -0.366 e. The second-order valence-corrected chi connectivity index (χ2v) is 5.73. The van der Waals surface area contributed by atoms with Crippen LogP contribution in [-0.4, -0.2) is 24.5 Å². The molecule has 4 nitrogen and oxygen atoms in total. The van der Waals surface area contributed by atoms with Crippen molar-refractivity contribution in [3.63, 3.8) is 0 Å². The van der Waals surface area contributed by atoms with Crippen molar-refractivity contribution in [3.8, 4) is 0 Å². The fourth-order valence-corrected chi connectivity index (χ4v) is 3.06. The zero-order valence-corrected chi connectivity index (χ0v) is 13.2. The number of hydrogen-bond donors (Lipinski definition) is 3. The van der Waals surface area contributed by atoms with E-state index in [0.717, 1.165) is 23.9 Å². The molecule has 0 saturated heterocycles. The van der Waals surface area contributed by atoms with Gasteiger partial charge in [-0.1, -0.05) is 42.5 Å². The highest BCUT2D eigenvalue weighted by atomic mass is 16.1. The van der Waals surface area contributed by atoms with E-state index in [0.29, 0.717) is 11.5 Å². The number of benzene rings is 2. The van der Waals surface area contributed by atoms with Crippen molar-refractivity contribution >= 4 is 16.8 Å². The zero-order valence-electron chi connectivity index (χ0n) is 13.2. The summed E-state index contributed by atoms with van der Waals surface area (Å²) in [4.78, 5) is 14.6. The molecule has 1 heterocycles. The molecule has 118 valence electrons. The maximum Gasteiger partial charge on any atom is 0.250 e. The van der Waals surface area contributed by atoms with Crippen LogP contribution in [0.5, 0.6) is 0 Å². The van der Waals surface area contributed by atoms with Crippen molar-refractivity contribution < 1.29 is 4.79 Å². The molecule has 2 aromatic carbocycles. The van der Waals surface area contributed by atoms with E-state index in [-0.39, 0.29) is 0 Å². The van der Waals surface area contributed by atoms with Gasteiger partial charge in [-0.05, 0) is 37.2 Å². The lowest BCUT2D eigenvalue weighted by Gasteiger charge is -2.18. The first-order valence-electron chi connectivity index (χ1n) is 7.81. The van der Waals surface area contributed by atoms with Crippen LogP contribution in [-0.2, 0) is 0 Å². The Morgan fingerprint density at radius 1 is 1.17 bits per heavy atom. The number of fused-ring (bicyclic) bond motifs is 1. The molecule has 0 aliphatic rings. The highest BCUT2D eigenvalue weighted by Gasteiger charge is 2.16. The molecule has 1 atom stereocenters. The molecule has 4 heteroatoms. The van der Waals surface area contributed by atoms with E-state index >= 15 is 0 Å². The first kappa shape index (κ1) is 15.3. The minimum absolute atomic E-state index is 0.313. The van der Waals surface area contributed by atoms with Gasteiger partial charge in [-0.3, -0.25) is 4.79 Å². The lowest BCUT2D eigenvalue weighted by Crippen LogP contribution is -2.13. The predicted octanol–water partition coefficient (Wildman–Crippen LogP) is 3.01. The highest BCUT2D eigenvalue weighted by molar-refractivity contribution is 6.06. The van der Waals surface area contributed by atoms with Crippen LogP contribution in [0.15, 0.2) is 54.7 Å². The molecule has 0 fully saturated rings. The average Bonchev–Trinajstić information content (AvgIpc) is 3.00. The van der Waals surface area contributed by atoms with Crippen LogP contribution < -0.4 is 11.1 Å². The van der Waals surface area contributed by atoms with Gasteiger partial charge in [0.1, 0.15) is 0 Å². The van der Waals surface area contributed by atoms with Crippen LogP contribution >= 0.6 is 0 Å². The van der Waals surface area contributed by atoms with Gasteiger partial charge < -0.3 is 16.0 Å². The monoisotopic (exact) mass is 307 g/mol. The van der Waals surface area contributed by atoms with E-state index in [1.54, 1.807) is 6.20 Å². The number of primary amides is 1. The van der Waals surface area contributed by atoms with Gasteiger partial charge in [-0.15, -0.1) is 0 Å². The number of aromatic amines is 1. The molecule has 1 amide bonds. The number of H-pyrrole nitrogens is 1. The van der Waals surface area contributed by atoms with Crippen LogP contribution in [0.4, 0.5) is 0 Å². The van der Waals surface area contributed by atoms with Gasteiger partial charge in [0.25, 0.3) is 5.91 Å². The molecule has 1 aromatic heterocycles. The van der Waals surface area contributed by atoms with Crippen LogP contribution in [0.2, 0.25) is 0 Å². The number of nitrogens with one attached hydrogen (secondary N) is 2. The van der Waals surface area contributed by atoms with Gasteiger partial charge in [0.2, 0.25) is 0 Å². The van der Waals surface area contributed by atoms with Crippen LogP contribution in [0, 0.1) is 0 Å². The molecular weight excluding hydrogens is 286 g/mol. The summed E-state index contributed by atoms with van der Waals surface area (Å²) in [6.07, 6.45) is 2.69. The Bertz CT molecular complexity index is 808. The third kappa shape index (κ3) is 3.12. The summed E-state index contributed by atoms with van der Waals surface area (Å²) in [5.41, 5.74) is 9.43. The number of rotatable bonds is 6. The molecule has 0 aliphatic carbocycles. The highest BCUT2D eigenvalue weighted by Crippen LogP contribution is 2.30. The summed E-state index contributed by atoms with van der Waals surface area (Å²) in [5, 5.41) is 4.10. The second kappa shape index (κ2) is 6.67. The molecule has 23 heavy (non-hydrogen) atoms.